The molecule has 3 aromatic rings. The number of nitrogens with zero attached hydrogens (tertiary/aromatic N) is 3. The van der Waals surface area contributed by atoms with E-state index in [1.54, 1.807) is 4.68 Å². The first-order valence-electron chi connectivity index (χ1n) is 11.9. The van der Waals surface area contributed by atoms with Crippen molar-refractivity contribution in [2.24, 2.45) is 18.9 Å². The molecule has 1 aromatic heterocycles. The summed E-state index contributed by atoms with van der Waals surface area (Å²) in [6.07, 6.45) is 6.71. The Morgan fingerprint density at radius 1 is 1.06 bits per heavy atom. The first-order chi connectivity index (χ1) is 16.1. The Kier molecular flexibility index (Phi) is 6.41. The number of carbonyl (C=O) groups is 1. The van der Waals surface area contributed by atoms with Crippen LogP contribution in [0.2, 0.25) is 5.02 Å². The van der Waals surface area contributed by atoms with Gasteiger partial charge in [0.15, 0.2) is 0 Å². The standard InChI is InChI=1S/C27H30ClN3O2/c1-30-27(33-24-14-8-7-13-23(24)28)22(25(29-30)20-9-3-2-4-10-20)18-31(17-19-15-16-19)26(32)21-11-5-6-12-21/h2-4,7-10,13-14,19,21H,5-6,11-12,15-18H2,1H3. The number of halogens is 1. The minimum atomic E-state index is 0.147. The SMILES string of the molecule is Cn1nc(-c2ccccc2)c(CN(CC2CC2)C(=O)C2CCCC2)c1Oc1ccccc1Cl. The Hall–Kier alpha value is -2.79. The number of para-hydroxylation sites is 1. The van der Waals surface area contributed by atoms with Gasteiger partial charge in [0.1, 0.15) is 11.4 Å². The smallest absolute Gasteiger partial charge is 0.225 e. The van der Waals surface area contributed by atoms with E-state index in [0.29, 0.717) is 29.1 Å². The van der Waals surface area contributed by atoms with E-state index in [4.69, 9.17) is 21.4 Å². The van der Waals surface area contributed by atoms with Gasteiger partial charge in [0.2, 0.25) is 11.8 Å². The molecule has 0 aliphatic heterocycles. The minimum absolute atomic E-state index is 0.147. The van der Waals surface area contributed by atoms with Crippen LogP contribution in [0.5, 0.6) is 11.6 Å². The number of aryl methyl sites for hydroxylation is 1. The predicted molar refractivity (Wildman–Crippen MR) is 130 cm³/mol. The third kappa shape index (κ3) is 4.93. The van der Waals surface area contributed by atoms with Crippen LogP contribution in [0.1, 0.15) is 44.1 Å². The van der Waals surface area contributed by atoms with Crippen LogP contribution in [0, 0.1) is 11.8 Å². The van der Waals surface area contributed by atoms with Gasteiger partial charge in [0, 0.05) is 25.1 Å². The molecular weight excluding hydrogens is 434 g/mol. The average Bonchev–Trinajstić information content (AvgIpc) is 3.37. The molecule has 0 radical (unpaired) electrons. The van der Waals surface area contributed by atoms with Gasteiger partial charge < -0.3 is 9.64 Å². The maximum absolute atomic E-state index is 13.5. The molecule has 2 aliphatic rings. The summed E-state index contributed by atoms with van der Waals surface area (Å²) in [5.41, 5.74) is 2.78. The first-order valence-corrected chi connectivity index (χ1v) is 12.3. The Morgan fingerprint density at radius 2 is 1.76 bits per heavy atom. The summed E-state index contributed by atoms with van der Waals surface area (Å²) >= 11 is 6.40. The average molecular weight is 464 g/mol. The van der Waals surface area contributed by atoms with E-state index in [1.807, 2.05) is 49.5 Å². The molecule has 0 spiro atoms. The molecule has 33 heavy (non-hydrogen) atoms. The van der Waals surface area contributed by atoms with Crippen LogP contribution in [-0.2, 0) is 18.4 Å². The lowest BCUT2D eigenvalue weighted by Crippen LogP contribution is -2.36. The monoisotopic (exact) mass is 463 g/mol. The van der Waals surface area contributed by atoms with Crippen molar-refractivity contribution in [2.45, 2.75) is 45.1 Å². The number of hydrogen-bond donors (Lipinski definition) is 0. The summed E-state index contributed by atoms with van der Waals surface area (Å²) in [5, 5.41) is 5.37. The second-order valence-electron chi connectivity index (χ2n) is 9.30. The van der Waals surface area contributed by atoms with Gasteiger partial charge in [-0.2, -0.15) is 5.10 Å². The number of rotatable bonds is 8. The van der Waals surface area contributed by atoms with Crippen LogP contribution in [0.3, 0.4) is 0 Å². The number of ether oxygens (including phenoxy) is 1. The molecule has 1 heterocycles. The van der Waals surface area contributed by atoms with Crippen LogP contribution in [-0.4, -0.2) is 27.1 Å². The topological polar surface area (TPSA) is 47.4 Å². The zero-order chi connectivity index (χ0) is 22.8. The van der Waals surface area contributed by atoms with Crippen molar-refractivity contribution in [3.8, 4) is 22.9 Å². The summed E-state index contributed by atoms with van der Waals surface area (Å²) in [4.78, 5) is 15.6. The lowest BCUT2D eigenvalue weighted by molar-refractivity contribution is -0.136. The van der Waals surface area contributed by atoms with Crippen molar-refractivity contribution in [3.05, 3.63) is 65.2 Å². The highest BCUT2D eigenvalue weighted by atomic mass is 35.5. The summed E-state index contributed by atoms with van der Waals surface area (Å²) in [5.74, 6) is 2.25. The zero-order valence-electron chi connectivity index (χ0n) is 19.0. The Balaban J connectivity index is 1.54. The van der Waals surface area contributed by atoms with Gasteiger partial charge in [-0.15, -0.1) is 0 Å². The summed E-state index contributed by atoms with van der Waals surface area (Å²) < 4.78 is 8.09. The van der Waals surface area contributed by atoms with Gasteiger partial charge in [0.05, 0.1) is 17.1 Å². The number of amides is 1. The molecule has 0 unspecified atom stereocenters. The predicted octanol–water partition coefficient (Wildman–Crippen LogP) is 6.46. The Labute approximate surface area is 200 Å². The minimum Gasteiger partial charge on any atom is -0.437 e. The molecule has 0 bridgehead atoms. The normalized spacial score (nSPS) is 16.2. The van der Waals surface area contributed by atoms with Gasteiger partial charge in [-0.3, -0.25) is 4.79 Å². The van der Waals surface area contributed by atoms with Gasteiger partial charge >= 0.3 is 0 Å². The lowest BCUT2D eigenvalue weighted by Gasteiger charge is -2.26. The summed E-state index contributed by atoms with van der Waals surface area (Å²) in [7, 11) is 1.88. The molecule has 6 heteroatoms. The van der Waals surface area contributed by atoms with Crippen LogP contribution in [0.25, 0.3) is 11.3 Å². The third-order valence-electron chi connectivity index (χ3n) is 6.72. The van der Waals surface area contributed by atoms with Crippen molar-refractivity contribution >= 4 is 17.5 Å². The quantitative estimate of drug-likeness (QED) is 0.385. The maximum Gasteiger partial charge on any atom is 0.225 e. The molecular formula is C27H30ClN3O2. The molecule has 172 valence electrons. The molecule has 2 aromatic carbocycles. The van der Waals surface area contributed by atoms with Crippen molar-refractivity contribution in [3.63, 3.8) is 0 Å². The molecule has 5 nitrogen and oxygen atoms in total. The third-order valence-corrected chi connectivity index (χ3v) is 7.03. The van der Waals surface area contributed by atoms with Crippen LogP contribution in [0.4, 0.5) is 0 Å². The van der Waals surface area contributed by atoms with Crippen molar-refractivity contribution < 1.29 is 9.53 Å². The molecule has 0 saturated heterocycles. The zero-order valence-corrected chi connectivity index (χ0v) is 19.8. The summed E-state index contributed by atoms with van der Waals surface area (Å²) in [6.45, 7) is 1.30. The fraction of sp³-hybridized carbons (Fsp3) is 0.407. The van der Waals surface area contributed by atoms with E-state index < -0.39 is 0 Å². The number of aromatic nitrogens is 2. The molecule has 2 saturated carbocycles. The van der Waals surface area contributed by atoms with E-state index in [9.17, 15) is 4.79 Å². The molecule has 0 atom stereocenters. The number of carbonyl (C=O) groups excluding carboxylic acids is 1. The van der Waals surface area contributed by atoms with Crippen molar-refractivity contribution in [1.82, 2.24) is 14.7 Å². The van der Waals surface area contributed by atoms with Crippen LogP contribution >= 0.6 is 11.6 Å². The number of benzene rings is 2. The van der Waals surface area contributed by atoms with Crippen molar-refractivity contribution in [1.29, 1.82) is 0 Å². The Morgan fingerprint density at radius 3 is 2.45 bits per heavy atom. The van der Waals surface area contributed by atoms with E-state index in [1.165, 1.54) is 12.8 Å². The highest BCUT2D eigenvalue weighted by molar-refractivity contribution is 6.32. The highest BCUT2D eigenvalue weighted by Crippen LogP contribution is 2.38. The van der Waals surface area contributed by atoms with E-state index in [-0.39, 0.29) is 11.8 Å². The first kappa shape index (κ1) is 22.0. The van der Waals surface area contributed by atoms with E-state index in [2.05, 4.69) is 17.0 Å². The molecule has 2 aliphatic carbocycles. The molecule has 1 amide bonds. The Bertz CT molecular complexity index is 1120. The molecule has 0 N–H and O–H groups in total. The van der Waals surface area contributed by atoms with Crippen LogP contribution in [0.15, 0.2) is 54.6 Å². The fourth-order valence-corrected chi connectivity index (χ4v) is 4.92. The molecule has 2 fully saturated rings. The largest absolute Gasteiger partial charge is 0.437 e. The van der Waals surface area contributed by atoms with Crippen molar-refractivity contribution in [2.75, 3.05) is 6.54 Å². The van der Waals surface area contributed by atoms with Gasteiger partial charge in [0.25, 0.3) is 0 Å². The second kappa shape index (κ2) is 9.60. The van der Waals surface area contributed by atoms with Gasteiger partial charge in [-0.05, 0) is 43.7 Å². The van der Waals surface area contributed by atoms with E-state index >= 15 is 0 Å². The van der Waals surface area contributed by atoms with E-state index in [0.717, 1.165) is 49.0 Å². The number of hydrogen-bond acceptors (Lipinski definition) is 3. The summed E-state index contributed by atoms with van der Waals surface area (Å²) in [6, 6.07) is 17.6. The lowest BCUT2D eigenvalue weighted by atomic mass is 10.0. The van der Waals surface area contributed by atoms with Crippen LogP contribution < -0.4 is 4.74 Å². The fourth-order valence-electron chi connectivity index (χ4n) is 4.75. The van der Waals surface area contributed by atoms with Gasteiger partial charge in [-0.25, -0.2) is 4.68 Å². The second-order valence-corrected chi connectivity index (χ2v) is 9.71. The van der Waals surface area contributed by atoms with Gasteiger partial charge in [-0.1, -0.05) is 66.9 Å². The highest BCUT2D eigenvalue weighted by Gasteiger charge is 2.33. The molecule has 5 rings (SSSR count). The maximum atomic E-state index is 13.5.